The van der Waals surface area contributed by atoms with Crippen LogP contribution in [0, 0.1) is 0 Å². The second-order valence-electron chi connectivity index (χ2n) is 7.20. The molecule has 0 aliphatic rings. The Morgan fingerprint density at radius 1 is 0.571 bits per heavy atom. The van der Waals surface area contributed by atoms with Gasteiger partial charge in [0.1, 0.15) is 0 Å². The van der Waals surface area contributed by atoms with Gasteiger partial charge in [0.25, 0.3) is 0 Å². The normalized spacial score (nSPS) is 11.7. The first-order chi connectivity index (χ1) is 8.89. The largest absolute Gasteiger partial charge is 1.00 e. The number of hydrogen-bond acceptors (Lipinski definition) is 0. The van der Waals surface area contributed by atoms with Gasteiger partial charge in [0.05, 0.1) is 53.9 Å². The fourth-order valence-electron chi connectivity index (χ4n) is 2.90. The van der Waals surface area contributed by atoms with E-state index >= 15 is 0 Å². The fraction of sp³-hybridized carbons (Fsp3) is 1.00. The van der Waals surface area contributed by atoms with Gasteiger partial charge in [0.2, 0.25) is 0 Å². The molecule has 0 rings (SSSR count). The average molecular weight is 432 g/mol. The van der Waals surface area contributed by atoms with Gasteiger partial charge in [-0.2, -0.15) is 0 Å². The third kappa shape index (κ3) is 14.2. The number of quaternary nitrogens is 2. The number of rotatable bonds is 12. The molecule has 0 N–H and O–H groups in total. The van der Waals surface area contributed by atoms with Gasteiger partial charge in [-0.1, -0.05) is 26.2 Å². The molecule has 0 aromatic rings. The van der Waals surface area contributed by atoms with Gasteiger partial charge in [-0.15, -0.1) is 0 Å². The third-order valence-electron chi connectivity index (χ3n) is 4.54. The lowest BCUT2D eigenvalue weighted by Gasteiger charge is -2.38. The molecule has 132 valence electrons. The van der Waals surface area contributed by atoms with E-state index in [1.54, 1.807) is 0 Å². The van der Waals surface area contributed by atoms with E-state index in [4.69, 9.17) is 0 Å². The van der Waals surface area contributed by atoms with Crippen molar-refractivity contribution in [2.24, 2.45) is 0 Å². The van der Waals surface area contributed by atoms with Crippen molar-refractivity contribution in [3.8, 4) is 0 Å². The molecule has 0 heterocycles. The van der Waals surface area contributed by atoms with Crippen LogP contribution in [0.1, 0.15) is 59.3 Å². The third-order valence-corrected chi connectivity index (χ3v) is 4.54. The molecule has 0 unspecified atom stereocenters. The molecule has 0 bridgehead atoms. The highest BCUT2D eigenvalue weighted by Crippen LogP contribution is 2.13. The van der Waals surface area contributed by atoms with Crippen LogP contribution < -0.4 is 34.0 Å². The van der Waals surface area contributed by atoms with Gasteiger partial charge >= 0.3 is 0 Å². The van der Waals surface area contributed by atoms with Crippen molar-refractivity contribution in [1.29, 1.82) is 0 Å². The standard InChI is InChI=1S/C17H40N2.2BrH/c1-7-10-11-12-13-16-19(8-2,9-3)17-14-15-18(4,5)6;;/h7-17H2,1-6H3;2*1H/q+2;;/p-2. The van der Waals surface area contributed by atoms with Crippen LogP contribution in [-0.2, 0) is 0 Å². The van der Waals surface area contributed by atoms with E-state index < -0.39 is 0 Å². The summed E-state index contributed by atoms with van der Waals surface area (Å²) in [7, 11) is 6.91. The number of halogens is 2. The summed E-state index contributed by atoms with van der Waals surface area (Å²) in [5.74, 6) is 0. The summed E-state index contributed by atoms with van der Waals surface area (Å²) in [5.41, 5.74) is 0. The van der Waals surface area contributed by atoms with E-state index in [-0.39, 0.29) is 34.0 Å². The SMILES string of the molecule is CCCCCCC[N+](CC)(CC)CCC[N+](C)(C)C.[Br-].[Br-]. The minimum Gasteiger partial charge on any atom is -1.00 e. The van der Waals surface area contributed by atoms with Gasteiger partial charge < -0.3 is 42.9 Å². The Morgan fingerprint density at radius 3 is 1.48 bits per heavy atom. The summed E-state index contributed by atoms with van der Waals surface area (Å²) in [4.78, 5) is 0. The molecule has 0 atom stereocenters. The molecule has 0 saturated carbocycles. The lowest BCUT2D eigenvalue weighted by Crippen LogP contribution is -3.00. The van der Waals surface area contributed by atoms with Crippen LogP contribution in [0.5, 0.6) is 0 Å². The van der Waals surface area contributed by atoms with Gasteiger partial charge in [-0.05, 0) is 26.7 Å². The average Bonchev–Trinajstić information content (AvgIpc) is 2.35. The van der Waals surface area contributed by atoms with Crippen LogP contribution in [-0.4, -0.2) is 62.8 Å². The monoisotopic (exact) mass is 430 g/mol. The smallest absolute Gasteiger partial charge is 0.0840 e. The van der Waals surface area contributed by atoms with E-state index in [2.05, 4.69) is 41.9 Å². The Hall–Kier alpha value is 0.880. The maximum Gasteiger partial charge on any atom is 0.0840 e. The second-order valence-corrected chi connectivity index (χ2v) is 7.20. The molecule has 0 fully saturated rings. The minimum absolute atomic E-state index is 0. The molecule has 0 aromatic heterocycles. The molecule has 0 aliphatic heterocycles. The maximum absolute atomic E-state index is 2.38. The van der Waals surface area contributed by atoms with Crippen LogP contribution in [0.2, 0.25) is 0 Å². The van der Waals surface area contributed by atoms with Crippen LogP contribution in [0.25, 0.3) is 0 Å². The van der Waals surface area contributed by atoms with E-state index in [9.17, 15) is 0 Å². The quantitative estimate of drug-likeness (QED) is 0.245. The summed E-state index contributed by atoms with van der Waals surface area (Å²) in [6.07, 6.45) is 8.42. The lowest BCUT2D eigenvalue weighted by molar-refractivity contribution is -0.930. The van der Waals surface area contributed by atoms with E-state index in [0.717, 1.165) is 4.48 Å². The molecule has 0 radical (unpaired) electrons. The molecular formula is C17H40Br2N2. The summed E-state index contributed by atoms with van der Waals surface area (Å²) < 4.78 is 2.44. The highest BCUT2D eigenvalue weighted by Gasteiger charge is 2.23. The zero-order chi connectivity index (χ0) is 14.8. The number of unbranched alkanes of at least 4 members (excludes halogenated alkanes) is 4. The van der Waals surface area contributed by atoms with E-state index in [0.29, 0.717) is 0 Å². The van der Waals surface area contributed by atoms with Gasteiger partial charge in [-0.25, -0.2) is 0 Å². The van der Waals surface area contributed by atoms with Crippen LogP contribution in [0.4, 0.5) is 0 Å². The Kier molecular flexibility index (Phi) is 18.4. The topological polar surface area (TPSA) is 0 Å². The summed E-state index contributed by atoms with van der Waals surface area (Å²) in [6, 6.07) is 0. The molecule has 0 spiro atoms. The van der Waals surface area contributed by atoms with Crippen LogP contribution in [0.3, 0.4) is 0 Å². The minimum atomic E-state index is 0. The molecular weight excluding hydrogens is 392 g/mol. The van der Waals surface area contributed by atoms with Crippen molar-refractivity contribution in [3.05, 3.63) is 0 Å². The predicted molar refractivity (Wildman–Crippen MR) is 87.4 cm³/mol. The molecule has 21 heavy (non-hydrogen) atoms. The summed E-state index contributed by atoms with van der Waals surface area (Å²) in [6.45, 7) is 13.7. The van der Waals surface area contributed by atoms with Crippen molar-refractivity contribution in [1.82, 2.24) is 0 Å². The number of nitrogens with zero attached hydrogens (tertiary/aromatic N) is 2. The van der Waals surface area contributed by atoms with Gasteiger partial charge in [-0.3, -0.25) is 0 Å². The maximum atomic E-state index is 2.38. The Balaban J connectivity index is -0.00000162. The van der Waals surface area contributed by atoms with E-state index in [1.165, 1.54) is 75.7 Å². The van der Waals surface area contributed by atoms with Crippen molar-refractivity contribution in [2.45, 2.75) is 59.3 Å². The van der Waals surface area contributed by atoms with Crippen molar-refractivity contribution >= 4 is 0 Å². The zero-order valence-corrected chi connectivity index (χ0v) is 18.6. The highest BCUT2D eigenvalue weighted by atomic mass is 79.9. The van der Waals surface area contributed by atoms with Crippen molar-refractivity contribution < 1.29 is 42.9 Å². The fourth-order valence-corrected chi connectivity index (χ4v) is 2.90. The van der Waals surface area contributed by atoms with E-state index in [1.807, 2.05) is 0 Å². The second kappa shape index (κ2) is 14.5. The van der Waals surface area contributed by atoms with Crippen molar-refractivity contribution in [2.75, 3.05) is 53.9 Å². The zero-order valence-electron chi connectivity index (χ0n) is 15.4. The van der Waals surface area contributed by atoms with Crippen LogP contribution >= 0.6 is 0 Å². The Bertz CT molecular complexity index is 211. The Labute approximate surface area is 156 Å². The Morgan fingerprint density at radius 2 is 1.05 bits per heavy atom. The lowest BCUT2D eigenvalue weighted by atomic mass is 10.1. The first-order valence-electron chi connectivity index (χ1n) is 8.54. The molecule has 0 aromatic carbocycles. The molecule has 4 heteroatoms. The molecule has 0 aliphatic carbocycles. The predicted octanol–water partition coefficient (Wildman–Crippen LogP) is -2.08. The molecule has 2 nitrogen and oxygen atoms in total. The molecule has 0 amide bonds. The summed E-state index contributed by atoms with van der Waals surface area (Å²) in [5, 5.41) is 0. The summed E-state index contributed by atoms with van der Waals surface area (Å²) >= 11 is 0. The van der Waals surface area contributed by atoms with Crippen molar-refractivity contribution in [3.63, 3.8) is 0 Å². The van der Waals surface area contributed by atoms with Crippen LogP contribution in [0.15, 0.2) is 0 Å². The van der Waals surface area contributed by atoms with Gasteiger partial charge in [0.15, 0.2) is 0 Å². The highest BCUT2D eigenvalue weighted by molar-refractivity contribution is 4.47. The first-order valence-corrected chi connectivity index (χ1v) is 8.54. The number of hydrogen-bond donors (Lipinski definition) is 0. The van der Waals surface area contributed by atoms with Gasteiger partial charge in [0, 0.05) is 6.42 Å². The first kappa shape index (κ1) is 26.8. The molecule has 0 saturated heterocycles.